The lowest BCUT2D eigenvalue weighted by Gasteiger charge is -2.14. The molecule has 2 aromatic carbocycles. The molecule has 2 aromatic rings. The molecule has 0 amide bonds. The maximum Gasteiger partial charge on any atom is -0.00577 e. The van der Waals surface area contributed by atoms with E-state index in [2.05, 4.69) is 64.1 Å². The Kier molecular flexibility index (Phi) is 3.25. The fraction of sp³-hybridized carbons (Fsp3) is 0.300. The molecule has 0 aliphatic heterocycles. The molecule has 0 nitrogen and oxygen atoms in total. The van der Waals surface area contributed by atoms with Crippen molar-refractivity contribution in [2.75, 3.05) is 0 Å². The summed E-state index contributed by atoms with van der Waals surface area (Å²) in [5, 5.41) is 0. The summed E-state index contributed by atoms with van der Waals surface area (Å²) >= 11 is 0. The lowest BCUT2D eigenvalue weighted by Crippen LogP contribution is -1.93. The first-order chi connectivity index (χ1) is 9.60. The summed E-state index contributed by atoms with van der Waals surface area (Å²) in [6.45, 7) is 8.89. The van der Waals surface area contributed by atoms with Gasteiger partial charge >= 0.3 is 0 Å². The van der Waals surface area contributed by atoms with E-state index < -0.39 is 0 Å². The third-order valence-corrected chi connectivity index (χ3v) is 4.36. The summed E-state index contributed by atoms with van der Waals surface area (Å²) in [6, 6.07) is 11.3. The van der Waals surface area contributed by atoms with Gasteiger partial charge in [-0.05, 0) is 67.0 Å². The normalized spacial score (nSPS) is 13.3. The second kappa shape index (κ2) is 4.94. The van der Waals surface area contributed by atoms with Crippen LogP contribution < -0.4 is 0 Å². The number of allylic oxidation sites excluding steroid dienone is 1. The predicted octanol–water partition coefficient (Wildman–Crippen LogP) is 5.63. The highest BCUT2D eigenvalue weighted by Gasteiger charge is 2.17. The van der Waals surface area contributed by atoms with Crippen LogP contribution in [0.1, 0.15) is 41.2 Å². The molecule has 0 heterocycles. The van der Waals surface area contributed by atoms with Gasteiger partial charge < -0.3 is 0 Å². The zero-order valence-corrected chi connectivity index (χ0v) is 12.9. The molecule has 0 spiro atoms. The Labute approximate surface area is 122 Å². The first-order valence-corrected chi connectivity index (χ1v) is 7.49. The minimum absolute atomic E-state index is 1.13. The first kappa shape index (κ1) is 13.2. The fourth-order valence-corrected chi connectivity index (χ4v) is 3.49. The van der Waals surface area contributed by atoms with Crippen molar-refractivity contribution in [3.8, 4) is 11.1 Å². The van der Waals surface area contributed by atoms with E-state index in [0.29, 0.717) is 0 Å². The van der Waals surface area contributed by atoms with Crippen LogP contribution in [0.15, 0.2) is 35.9 Å². The molecule has 0 unspecified atom stereocenters. The molecule has 0 saturated carbocycles. The van der Waals surface area contributed by atoms with Gasteiger partial charge in [-0.25, -0.2) is 0 Å². The molecule has 0 heteroatoms. The average molecular weight is 262 g/mol. The van der Waals surface area contributed by atoms with Crippen LogP contribution in [0.3, 0.4) is 0 Å². The molecule has 1 aliphatic carbocycles. The summed E-state index contributed by atoms with van der Waals surface area (Å²) in [5.74, 6) is 0. The number of fused-ring (bicyclic) bond motifs is 1. The highest BCUT2D eigenvalue weighted by atomic mass is 14.2. The Hall–Kier alpha value is -1.82. The highest BCUT2D eigenvalue weighted by molar-refractivity contribution is 5.83. The number of aryl methyl sites for hydroxylation is 3. The molecule has 20 heavy (non-hydrogen) atoms. The number of hydrogen-bond acceptors (Lipinski definition) is 0. The summed E-state index contributed by atoms with van der Waals surface area (Å²) < 4.78 is 0. The molecule has 0 bridgehead atoms. The summed E-state index contributed by atoms with van der Waals surface area (Å²) in [4.78, 5) is 0. The van der Waals surface area contributed by atoms with Gasteiger partial charge in [0.2, 0.25) is 0 Å². The van der Waals surface area contributed by atoms with Crippen molar-refractivity contribution in [3.05, 3.63) is 63.7 Å². The molecule has 3 rings (SSSR count). The molecular formula is C20H22. The highest BCUT2D eigenvalue weighted by Crippen LogP contribution is 2.37. The van der Waals surface area contributed by atoms with Crippen LogP contribution >= 0.6 is 0 Å². The van der Waals surface area contributed by atoms with Crippen LogP contribution in [-0.4, -0.2) is 0 Å². The smallest absolute Gasteiger partial charge is 0.00577 e. The number of hydrogen-bond donors (Lipinski definition) is 0. The molecule has 1 aliphatic rings. The quantitative estimate of drug-likeness (QED) is 0.658. The van der Waals surface area contributed by atoms with Crippen molar-refractivity contribution in [1.82, 2.24) is 0 Å². The first-order valence-electron chi connectivity index (χ1n) is 7.49. The van der Waals surface area contributed by atoms with Crippen molar-refractivity contribution in [3.63, 3.8) is 0 Å². The molecule has 102 valence electrons. The summed E-state index contributed by atoms with van der Waals surface area (Å²) in [6.07, 6.45) is 4.69. The van der Waals surface area contributed by atoms with Crippen molar-refractivity contribution >= 4 is 6.08 Å². The molecule has 0 N–H and O–H groups in total. The van der Waals surface area contributed by atoms with Crippen LogP contribution in [-0.2, 0) is 6.42 Å². The van der Waals surface area contributed by atoms with E-state index in [9.17, 15) is 0 Å². The van der Waals surface area contributed by atoms with E-state index in [-0.39, 0.29) is 0 Å². The van der Waals surface area contributed by atoms with Crippen molar-refractivity contribution in [2.24, 2.45) is 0 Å². The van der Waals surface area contributed by atoms with E-state index in [1.165, 1.54) is 38.9 Å². The fourth-order valence-electron chi connectivity index (χ4n) is 3.49. The number of rotatable bonds is 2. The van der Waals surface area contributed by atoms with E-state index >= 15 is 0 Å². The van der Waals surface area contributed by atoms with E-state index in [1.807, 2.05) is 0 Å². The van der Waals surface area contributed by atoms with Crippen LogP contribution in [0.25, 0.3) is 17.2 Å². The van der Waals surface area contributed by atoms with Gasteiger partial charge in [-0.1, -0.05) is 54.5 Å². The monoisotopic (exact) mass is 262 g/mol. The lowest BCUT2D eigenvalue weighted by atomic mass is 9.90. The Bertz CT molecular complexity index is 679. The lowest BCUT2D eigenvalue weighted by molar-refractivity contribution is 1.04. The Morgan fingerprint density at radius 2 is 1.70 bits per heavy atom. The summed E-state index contributed by atoms with van der Waals surface area (Å²) in [7, 11) is 0. The van der Waals surface area contributed by atoms with E-state index in [1.54, 1.807) is 5.57 Å². The van der Waals surface area contributed by atoms with Crippen LogP contribution in [0.5, 0.6) is 0 Å². The summed E-state index contributed by atoms with van der Waals surface area (Å²) in [5.41, 5.74) is 11.4. The Morgan fingerprint density at radius 1 is 1.00 bits per heavy atom. The maximum absolute atomic E-state index is 2.41. The minimum atomic E-state index is 1.13. The molecule has 0 atom stereocenters. The molecule has 0 fully saturated rings. The molecule has 0 saturated heterocycles. The standard InChI is InChI=1S/C20H22/c1-5-16-11-17-7-6-8-18(19(17)12-16)20-14(3)9-13(2)10-15(20)4/h6-10,12H,5,11H2,1-4H3. The zero-order valence-electron chi connectivity index (χ0n) is 12.9. The van der Waals surface area contributed by atoms with Gasteiger partial charge in [-0.2, -0.15) is 0 Å². The van der Waals surface area contributed by atoms with Crippen LogP contribution in [0.2, 0.25) is 0 Å². The van der Waals surface area contributed by atoms with Gasteiger partial charge in [0.15, 0.2) is 0 Å². The molecule has 0 aromatic heterocycles. The van der Waals surface area contributed by atoms with E-state index in [0.717, 1.165) is 12.8 Å². The Morgan fingerprint density at radius 3 is 2.35 bits per heavy atom. The van der Waals surface area contributed by atoms with Gasteiger partial charge in [0.05, 0.1) is 0 Å². The van der Waals surface area contributed by atoms with Crippen molar-refractivity contribution < 1.29 is 0 Å². The minimum Gasteiger partial charge on any atom is -0.0655 e. The van der Waals surface area contributed by atoms with Gasteiger partial charge in [-0.15, -0.1) is 0 Å². The van der Waals surface area contributed by atoms with Gasteiger partial charge in [-0.3, -0.25) is 0 Å². The van der Waals surface area contributed by atoms with Gasteiger partial charge in [0.25, 0.3) is 0 Å². The molecular weight excluding hydrogens is 240 g/mol. The van der Waals surface area contributed by atoms with Crippen molar-refractivity contribution in [1.29, 1.82) is 0 Å². The SMILES string of the molecule is CCC1=Cc2c(cccc2-c2c(C)cc(C)cc2C)C1. The second-order valence-corrected chi connectivity index (χ2v) is 5.99. The maximum atomic E-state index is 2.41. The van der Waals surface area contributed by atoms with E-state index in [4.69, 9.17) is 0 Å². The third kappa shape index (κ3) is 2.10. The third-order valence-electron chi connectivity index (χ3n) is 4.36. The predicted molar refractivity (Wildman–Crippen MR) is 88.1 cm³/mol. The van der Waals surface area contributed by atoms with Crippen molar-refractivity contribution in [2.45, 2.75) is 40.5 Å². The zero-order chi connectivity index (χ0) is 14.3. The van der Waals surface area contributed by atoms with Crippen LogP contribution in [0.4, 0.5) is 0 Å². The molecule has 0 radical (unpaired) electrons. The second-order valence-electron chi connectivity index (χ2n) is 5.99. The Balaban J connectivity index is 2.23. The largest absolute Gasteiger partial charge is 0.0655 e. The topological polar surface area (TPSA) is 0 Å². The van der Waals surface area contributed by atoms with Crippen LogP contribution in [0, 0.1) is 20.8 Å². The number of benzene rings is 2. The van der Waals surface area contributed by atoms with Gasteiger partial charge in [0.1, 0.15) is 0 Å². The average Bonchev–Trinajstić information content (AvgIpc) is 2.81. The van der Waals surface area contributed by atoms with Gasteiger partial charge in [0, 0.05) is 0 Å².